The molecule has 80 valence electrons. The van der Waals surface area contributed by atoms with Crippen LogP contribution in [0.3, 0.4) is 0 Å². The summed E-state index contributed by atoms with van der Waals surface area (Å²) < 4.78 is 0. The van der Waals surface area contributed by atoms with Gasteiger partial charge in [-0.15, -0.1) is 12.3 Å². The fourth-order valence-electron chi connectivity index (χ4n) is 1.15. The van der Waals surface area contributed by atoms with Gasteiger partial charge in [0, 0.05) is 12.5 Å². The SMILES string of the molecule is C#CCC(C)NC(=O)c1sc(N)nc1C. The number of hydrogen-bond donors (Lipinski definition) is 2. The fraction of sp³-hybridized carbons (Fsp3) is 0.400. The minimum atomic E-state index is -0.163. The number of nitrogens with two attached hydrogens (primary N) is 1. The van der Waals surface area contributed by atoms with E-state index in [-0.39, 0.29) is 11.9 Å². The summed E-state index contributed by atoms with van der Waals surface area (Å²) in [6.07, 6.45) is 5.66. The van der Waals surface area contributed by atoms with Gasteiger partial charge in [0.05, 0.1) is 5.69 Å². The molecule has 0 fully saturated rings. The maximum absolute atomic E-state index is 11.7. The first kappa shape index (κ1) is 11.5. The van der Waals surface area contributed by atoms with Crippen LogP contribution in [0.5, 0.6) is 0 Å². The number of aryl methyl sites for hydroxylation is 1. The van der Waals surface area contributed by atoms with Gasteiger partial charge >= 0.3 is 0 Å². The number of anilines is 1. The van der Waals surface area contributed by atoms with Crippen molar-refractivity contribution in [3.63, 3.8) is 0 Å². The molecule has 1 rings (SSSR count). The van der Waals surface area contributed by atoms with E-state index < -0.39 is 0 Å². The van der Waals surface area contributed by atoms with Crippen LogP contribution in [0.4, 0.5) is 5.13 Å². The second kappa shape index (κ2) is 4.80. The Labute approximate surface area is 92.9 Å². The van der Waals surface area contributed by atoms with Gasteiger partial charge in [-0.1, -0.05) is 11.3 Å². The zero-order valence-electron chi connectivity index (χ0n) is 8.70. The zero-order valence-corrected chi connectivity index (χ0v) is 9.52. The van der Waals surface area contributed by atoms with Gasteiger partial charge < -0.3 is 11.1 Å². The van der Waals surface area contributed by atoms with Gasteiger partial charge in [-0.05, 0) is 13.8 Å². The van der Waals surface area contributed by atoms with Crippen LogP contribution in [-0.2, 0) is 0 Å². The Hall–Kier alpha value is -1.54. The van der Waals surface area contributed by atoms with Gasteiger partial charge in [-0.3, -0.25) is 4.79 Å². The van der Waals surface area contributed by atoms with Crippen LogP contribution in [0.2, 0.25) is 0 Å². The van der Waals surface area contributed by atoms with Crippen molar-refractivity contribution in [1.29, 1.82) is 0 Å². The monoisotopic (exact) mass is 223 g/mol. The lowest BCUT2D eigenvalue weighted by atomic mass is 10.2. The van der Waals surface area contributed by atoms with E-state index in [1.807, 2.05) is 6.92 Å². The number of aromatic nitrogens is 1. The van der Waals surface area contributed by atoms with Crippen molar-refractivity contribution in [3.8, 4) is 12.3 Å². The smallest absolute Gasteiger partial charge is 0.263 e. The minimum absolute atomic E-state index is 0.0368. The molecular formula is C10H13N3OS. The van der Waals surface area contributed by atoms with Crippen molar-refractivity contribution >= 4 is 22.4 Å². The highest BCUT2D eigenvalue weighted by Gasteiger charge is 2.15. The number of carbonyl (C=O) groups excluding carboxylic acids is 1. The molecule has 0 aliphatic heterocycles. The first-order chi connectivity index (χ1) is 7.04. The van der Waals surface area contributed by atoms with Gasteiger partial charge in [0.1, 0.15) is 4.88 Å². The number of thiazole rings is 1. The first-order valence-electron chi connectivity index (χ1n) is 4.51. The molecule has 0 aliphatic rings. The van der Waals surface area contributed by atoms with E-state index in [0.717, 1.165) is 0 Å². The zero-order chi connectivity index (χ0) is 11.4. The predicted molar refractivity (Wildman–Crippen MR) is 61.6 cm³/mol. The van der Waals surface area contributed by atoms with Crippen molar-refractivity contribution in [2.24, 2.45) is 0 Å². The fourth-order valence-corrected chi connectivity index (χ4v) is 1.88. The maximum Gasteiger partial charge on any atom is 0.263 e. The first-order valence-corrected chi connectivity index (χ1v) is 5.33. The average Bonchev–Trinajstić information content (AvgIpc) is 2.45. The molecule has 0 spiro atoms. The molecule has 1 amide bonds. The summed E-state index contributed by atoms with van der Waals surface area (Å²) >= 11 is 1.19. The second-order valence-corrected chi connectivity index (χ2v) is 4.28. The number of rotatable bonds is 3. The Bertz CT molecular complexity index is 405. The van der Waals surface area contributed by atoms with Crippen LogP contribution in [0.25, 0.3) is 0 Å². The highest BCUT2D eigenvalue weighted by Crippen LogP contribution is 2.19. The molecule has 15 heavy (non-hydrogen) atoms. The van der Waals surface area contributed by atoms with Gasteiger partial charge in [-0.2, -0.15) is 0 Å². The van der Waals surface area contributed by atoms with Crippen LogP contribution in [0.1, 0.15) is 28.7 Å². The molecule has 5 heteroatoms. The Kier molecular flexibility index (Phi) is 3.69. The summed E-state index contributed by atoms with van der Waals surface area (Å²) in [6, 6.07) is -0.0368. The summed E-state index contributed by atoms with van der Waals surface area (Å²) in [4.78, 5) is 16.2. The number of nitrogen functional groups attached to an aromatic ring is 1. The van der Waals surface area contributed by atoms with Gasteiger partial charge in [0.25, 0.3) is 5.91 Å². The number of carbonyl (C=O) groups is 1. The molecule has 0 bridgehead atoms. The molecule has 1 unspecified atom stereocenters. The molecule has 1 atom stereocenters. The summed E-state index contributed by atoms with van der Waals surface area (Å²) in [6.45, 7) is 3.62. The lowest BCUT2D eigenvalue weighted by Gasteiger charge is -2.09. The predicted octanol–water partition coefficient (Wildman–Crippen LogP) is 1.18. The van der Waals surface area contributed by atoms with E-state index in [0.29, 0.717) is 22.1 Å². The minimum Gasteiger partial charge on any atom is -0.375 e. The molecule has 3 N–H and O–H groups in total. The summed E-state index contributed by atoms with van der Waals surface area (Å²) in [5, 5.41) is 3.19. The largest absolute Gasteiger partial charge is 0.375 e. The van der Waals surface area contributed by atoms with Crippen LogP contribution in [-0.4, -0.2) is 16.9 Å². The molecule has 0 saturated carbocycles. The highest BCUT2D eigenvalue weighted by atomic mass is 32.1. The molecule has 1 aromatic heterocycles. The van der Waals surface area contributed by atoms with E-state index in [9.17, 15) is 4.79 Å². The van der Waals surface area contributed by atoms with Crippen molar-refractivity contribution in [1.82, 2.24) is 10.3 Å². The third kappa shape index (κ3) is 2.96. The molecule has 1 aromatic rings. The van der Waals surface area contributed by atoms with Gasteiger partial charge in [0.2, 0.25) is 0 Å². The van der Waals surface area contributed by atoms with Gasteiger partial charge in [0.15, 0.2) is 5.13 Å². The molecule has 4 nitrogen and oxygen atoms in total. The Morgan fingerprint density at radius 3 is 2.93 bits per heavy atom. The van der Waals surface area contributed by atoms with E-state index in [4.69, 9.17) is 12.2 Å². The third-order valence-corrected chi connectivity index (χ3v) is 2.81. The number of terminal acetylenes is 1. The number of hydrogen-bond acceptors (Lipinski definition) is 4. The quantitative estimate of drug-likeness (QED) is 0.756. The molecule has 0 aromatic carbocycles. The summed E-state index contributed by atoms with van der Waals surface area (Å²) in [7, 11) is 0. The lowest BCUT2D eigenvalue weighted by molar-refractivity contribution is 0.0944. The van der Waals surface area contributed by atoms with E-state index in [1.54, 1.807) is 6.92 Å². The normalized spacial score (nSPS) is 11.8. The Morgan fingerprint density at radius 1 is 1.80 bits per heavy atom. The van der Waals surface area contributed by atoms with Crippen molar-refractivity contribution in [2.45, 2.75) is 26.3 Å². The molecule has 0 saturated heterocycles. The second-order valence-electron chi connectivity index (χ2n) is 3.25. The van der Waals surface area contributed by atoms with Crippen molar-refractivity contribution in [2.75, 3.05) is 5.73 Å². The Balaban J connectivity index is 2.70. The van der Waals surface area contributed by atoms with E-state index >= 15 is 0 Å². The van der Waals surface area contributed by atoms with Gasteiger partial charge in [-0.25, -0.2) is 4.98 Å². The molecular weight excluding hydrogens is 210 g/mol. The lowest BCUT2D eigenvalue weighted by Crippen LogP contribution is -2.32. The maximum atomic E-state index is 11.7. The summed E-state index contributed by atoms with van der Waals surface area (Å²) in [5.41, 5.74) is 6.16. The van der Waals surface area contributed by atoms with Crippen LogP contribution in [0.15, 0.2) is 0 Å². The van der Waals surface area contributed by atoms with Crippen LogP contribution < -0.4 is 11.1 Å². The molecule has 0 aliphatic carbocycles. The summed E-state index contributed by atoms with van der Waals surface area (Å²) in [5.74, 6) is 2.33. The standard InChI is InChI=1S/C10H13N3OS/c1-4-5-6(2)12-9(14)8-7(3)13-10(11)15-8/h1,6H,5H2,2-3H3,(H2,11,13)(H,12,14). The van der Waals surface area contributed by atoms with Crippen molar-refractivity contribution < 1.29 is 4.79 Å². The number of amides is 1. The third-order valence-electron chi connectivity index (χ3n) is 1.82. The molecule has 1 heterocycles. The average molecular weight is 223 g/mol. The van der Waals surface area contributed by atoms with Crippen LogP contribution in [0, 0.1) is 19.3 Å². The van der Waals surface area contributed by atoms with E-state index in [1.165, 1.54) is 11.3 Å². The number of nitrogens with zero attached hydrogens (tertiary/aromatic N) is 1. The highest BCUT2D eigenvalue weighted by molar-refractivity contribution is 7.17. The molecule has 0 radical (unpaired) electrons. The van der Waals surface area contributed by atoms with Crippen LogP contribution >= 0.6 is 11.3 Å². The number of nitrogens with one attached hydrogen (secondary N) is 1. The van der Waals surface area contributed by atoms with Crippen molar-refractivity contribution in [3.05, 3.63) is 10.6 Å². The Morgan fingerprint density at radius 2 is 2.47 bits per heavy atom. The van der Waals surface area contributed by atoms with E-state index in [2.05, 4.69) is 16.2 Å². The topological polar surface area (TPSA) is 68.0 Å².